The van der Waals surface area contributed by atoms with Gasteiger partial charge in [0.15, 0.2) is 0 Å². The van der Waals surface area contributed by atoms with E-state index in [1.165, 1.54) is 19.1 Å². The van der Waals surface area contributed by atoms with E-state index in [-0.39, 0.29) is 0 Å². The van der Waals surface area contributed by atoms with Crippen LogP contribution in [0.2, 0.25) is 0 Å². The molecule has 1 rings (SSSR count). The van der Waals surface area contributed by atoms with Gasteiger partial charge in [0.05, 0.1) is 6.26 Å². The summed E-state index contributed by atoms with van der Waals surface area (Å²) in [5.41, 5.74) is 0.404. The molecule has 0 atom stereocenters. The first-order valence-corrected chi connectivity index (χ1v) is 7.23. The van der Waals surface area contributed by atoms with Gasteiger partial charge in [0.25, 0.3) is 0 Å². The quantitative estimate of drug-likeness (QED) is 0.726. The molecule has 0 radical (unpaired) electrons. The molecule has 0 N–H and O–H groups in total. The molecule has 0 spiro atoms. The normalized spacial score (nSPS) is 23.6. The molecule has 84 valence electrons. The topological polar surface area (TPSA) is 37.4 Å². The van der Waals surface area contributed by atoms with Crippen LogP contribution in [0.15, 0.2) is 0 Å². The monoisotopic (exact) mass is 219 g/mol. The van der Waals surface area contributed by atoms with E-state index < -0.39 is 10.0 Å². The van der Waals surface area contributed by atoms with Crippen LogP contribution in [0.1, 0.15) is 39.5 Å². The fraction of sp³-hybridized carbons (Fsp3) is 1.00. The molecule has 0 bridgehead atoms. The van der Waals surface area contributed by atoms with Crippen molar-refractivity contribution in [2.75, 3.05) is 19.3 Å². The van der Waals surface area contributed by atoms with E-state index in [1.807, 2.05) is 0 Å². The Morgan fingerprint density at radius 1 is 1.14 bits per heavy atom. The predicted molar refractivity (Wildman–Crippen MR) is 58.7 cm³/mol. The minimum Gasteiger partial charge on any atom is -0.213 e. The van der Waals surface area contributed by atoms with Crippen LogP contribution >= 0.6 is 0 Å². The average Bonchev–Trinajstić information content (AvgIpc) is 2.16. The van der Waals surface area contributed by atoms with Crippen LogP contribution in [0.25, 0.3) is 0 Å². The lowest BCUT2D eigenvalue weighted by atomic mass is 9.75. The standard InChI is InChI=1S/C10H21NO2S/c1-4-10(5-2)6-8-11(9-7-10)14(3,12)13/h4-9H2,1-3H3. The van der Waals surface area contributed by atoms with Crippen molar-refractivity contribution >= 4 is 10.0 Å². The summed E-state index contributed by atoms with van der Waals surface area (Å²) in [7, 11) is -2.96. The van der Waals surface area contributed by atoms with Gasteiger partial charge in [-0.15, -0.1) is 0 Å². The van der Waals surface area contributed by atoms with Crippen molar-refractivity contribution in [2.24, 2.45) is 5.41 Å². The first-order chi connectivity index (χ1) is 6.43. The second-order valence-electron chi connectivity index (χ2n) is 4.37. The molecule has 1 saturated heterocycles. The van der Waals surface area contributed by atoms with Gasteiger partial charge in [0.2, 0.25) is 10.0 Å². The highest BCUT2D eigenvalue weighted by molar-refractivity contribution is 7.88. The molecular formula is C10H21NO2S. The van der Waals surface area contributed by atoms with Crippen LogP contribution < -0.4 is 0 Å². The van der Waals surface area contributed by atoms with Gasteiger partial charge in [-0.3, -0.25) is 0 Å². The second kappa shape index (κ2) is 4.19. The molecule has 0 aliphatic carbocycles. The SMILES string of the molecule is CCC1(CC)CCN(S(C)(=O)=O)CC1. The Labute approximate surface area is 87.5 Å². The molecule has 14 heavy (non-hydrogen) atoms. The third-order valence-corrected chi connectivity index (χ3v) is 5.06. The zero-order valence-electron chi connectivity index (χ0n) is 9.41. The third-order valence-electron chi connectivity index (χ3n) is 3.75. The third kappa shape index (κ3) is 2.48. The maximum atomic E-state index is 11.3. The van der Waals surface area contributed by atoms with Crippen LogP contribution in [0.4, 0.5) is 0 Å². The van der Waals surface area contributed by atoms with E-state index in [0.29, 0.717) is 18.5 Å². The van der Waals surface area contributed by atoms with Crippen LogP contribution in [0, 0.1) is 5.41 Å². The molecule has 1 aliphatic heterocycles. The van der Waals surface area contributed by atoms with Gasteiger partial charge in [-0.1, -0.05) is 26.7 Å². The zero-order valence-corrected chi connectivity index (χ0v) is 10.2. The van der Waals surface area contributed by atoms with Crippen molar-refractivity contribution in [1.29, 1.82) is 0 Å². The summed E-state index contributed by atoms with van der Waals surface area (Å²) in [5, 5.41) is 0. The molecule has 0 aromatic rings. The van der Waals surface area contributed by atoms with Gasteiger partial charge in [-0.2, -0.15) is 0 Å². The molecule has 0 saturated carbocycles. The molecule has 1 fully saturated rings. The highest BCUT2D eigenvalue weighted by Gasteiger charge is 2.33. The van der Waals surface area contributed by atoms with E-state index in [1.54, 1.807) is 4.31 Å². The van der Waals surface area contributed by atoms with E-state index in [4.69, 9.17) is 0 Å². The van der Waals surface area contributed by atoms with Crippen molar-refractivity contribution in [3.63, 3.8) is 0 Å². The lowest BCUT2D eigenvalue weighted by Gasteiger charge is -2.39. The molecule has 0 amide bonds. The summed E-state index contributed by atoms with van der Waals surface area (Å²) in [6.45, 7) is 5.83. The van der Waals surface area contributed by atoms with Crippen LogP contribution in [0.3, 0.4) is 0 Å². The number of sulfonamides is 1. The Kier molecular flexibility index (Phi) is 3.58. The van der Waals surface area contributed by atoms with E-state index in [9.17, 15) is 8.42 Å². The van der Waals surface area contributed by atoms with Crippen LogP contribution in [-0.4, -0.2) is 32.1 Å². The molecular weight excluding hydrogens is 198 g/mol. The lowest BCUT2D eigenvalue weighted by Crippen LogP contribution is -2.42. The van der Waals surface area contributed by atoms with Crippen molar-refractivity contribution in [1.82, 2.24) is 4.31 Å². The van der Waals surface area contributed by atoms with Crippen molar-refractivity contribution in [2.45, 2.75) is 39.5 Å². The average molecular weight is 219 g/mol. The fourth-order valence-corrected chi connectivity index (χ4v) is 3.10. The Hall–Kier alpha value is -0.0900. The maximum absolute atomic E-state index is 11.3. The number of hydrogen-bond acceptors (Lipinski definition) is 2. The van der Waals surface area contributed by atoms with Crippen molar-refractivity contribution in [3.8, 4) is 0 Å². The van der Waals surface area contributed by atoms with Gasteiger partial charge < -0.3 is 0 Å². The van der Waals surface area contributed by atoms with Crippen LogP contribution in [0.5, 0.6) is 0 Å². The van der Waals surface area contributed by atoms with Crippen LogP contribution in [-0.2, 0) is 10.0 Å². The highest BCUT2D eigenvalue weighted by Crippen LogP contribution is 2.38. The van der Waals surface area contributed by atoms with E-state index in [0.717, 1.165) is 12.8 Å². The fourth-order valence-electron chi connectivity index (χ4n) is 2.25. The summed E-state index contributed by atoms with van der Waals surface area (Å²) >= 11 is 0. The maximum Gasteiger partial charge on any atom is 0.211 e. The number of nitrogens with zero attached hydrogens (tertiary/aromatic N) is 1. The van der Waals surface area contributed by atoms with Gasteiger partial charge in [-0.25, -0.2) is 12.7 Å². The van der Waals surface area contributed by atoms with Crippen molar-refractivity contribution < 1.29 is 8.42 Å². The Morgan fingerprint density at radius 2 is 1.57 bits per heavy atom. The first kappa shape index (κ1) is 12.0. The number of hydrogen-bond donors (Lipinski definition) is 0. The Balaban J connectivity index is 2.62. The Morgan fingerprint density at radius 3 is 1.86 bits per heavy atom. The summed E-state index contributed by atoms with van der Waals surface area (Å²) in [6.07, 6.45) is 5.68. The van der Waals surface area contributed by atoms with Gasteiger partial charge >= 0.3 is 0 Å². The van der Waals surface area contributed by atoms with E-state index in [2.05, 4.69) is 13.8 Å². The summed E-state index contributed by atoms with van der Waals surface area (Å²) in [4.78, 5) is 0. The minimum atomic E-state index is -2.96. The Bertz CT molecular complexity index is 270. The van der Waals surface area contributed by atoms with Gasteiger partial charge in [0, 0.05) is 13.1 Å². The van der Waals surface area contributed by atoms with Crippen molar-refractivity contribution in [3.05, 3.63) is 0 Å². The van der Waals surface area contributed by atoms with Gasteiger partial charge in [0.1, 0.15) is 0 Å². The largest absolute Gasteiger partial charge is 0.213 e. The lowest BCUT2D eigenvalue weighted by molar-refractivity contribution is 0.142. The summed E-state index contributed by atoms with van der Waals surface area (Å²) < 4.78 is 24.2. The molecule has 0 aromatic heterocycles. The second-order valence-corrected chi connectivity index (χ2v) is 6.35. The molecule has 4 heteroatoms. The van der Waals surface area contributed by atoms with Gasteiger partial charge in [-0.05, 0) is 18.3 Å². The predicted octanol–water partition coefficient (Wildman–Crippen LogP) is 1.85. The molecule has 1 heterocycles. The van der Waals surface area contributed by atoms with E-state index >= 15 is 0 Å². The number of piperidine rings is 1. The molecule has 0 unspecified atom stereocenters. The summed E-state index contributed by atoms with van der Waals surface area (Å²) in [5.74, 6) is 0. The highest BCUT2D eigenvalue weighted by atomic mass is 32.2. The minimum absolute atomic E-state index is 0.404. The smallest absolute Gasteiger partial charge is 0.211 e. The molecule has 1 aliphatic rings. The first-order valence-electron chi connectivity index (χ1n) is 5.39. The molecule has 0 aromatic carbocycles. The number of rotatable bonds is 3. The summed E-state index contributed by atoms with van der Waals surface area (Å²) in [6, 6.07) is 0. The molecule has 3 nitrogen and oxygen atoms in total. The zero-order chi connectivity index (χ0) is 10.8.